The van der Waals surface area contributed by atoms with Crippen molar-refractivity contribution in [2.75, 3.05) is 13.2 Å². The molecule has 0 aromatic rings. The molecule has 1 atom stereocenters. The summed E-state index contributed by atoms with van der Waals surface area (Å²) in [5.41, 5.74) is 0. The Kier molecular flexibility index (Phi) is 32.9. The van der Waals surface area contributed by atoms with E-state index in [1.54, 1.807) is 0 Å². The van der Waals surface area contributed by atoms with Gasteiger partial charge in [-0.25, -0.2) is 0 Å². The summed E-state index contributed by atoms with van der Waals surface area (Å²) in [5, 5.41) is 9.49. The molecule has 5 heteroatoms. The molecule has 0 aromatic carbocycles. The number of esters is 2. The Morgan fingerprint density at radius 2 is 0.783 bits per heavy atom. The molecular weight excluding hydrogens is 572 g/mol. The predicted molar refractivity (Wildman–Crippen MR) is 195 cm³/mol. The van der Waals surface area contributed by atoms with Crippen LogP contribution in [0.4, 0.5) is 0 Å². The summed E-state index contributed by atoms with van der Waals surface area (Å²) in [6, 6.07) is 0. The van der Waals surface area contributed by atoms with E-state index in [0.717, 1.165) is 64.2 Å². The van der Waals surface area contributed by atoms with Crippen molar-refractivity contribution < 1.29 is 24.2 Å². The molecule has 0 aliphatic heterocycles. The molecule has 0 saturated heterocycles. The van der Waals surface area contributed by atoms with E-state index < -0.39 is 18.7 Å². The fraction of sp³-hybridized carbons (Fsp3) is 0.463. The lowest BCUT2D eigenvalue weighted by atomic mass is 10.2. The minimum atomic E-state index is -0.848. The van der Waals surface area contributed by atoms with Crippen molar-refractivity contribution in [3.05, 3.63) is 122 Å². The number of aliphatic hydroxyl groups is 1. The Morgan fingerprint density at radius 3 is 1.11 bits per heavy atom. The predicted octanol–water partition coefficient (Wildman–Crippen LogP) is 10.5. The van der Waals surface area contributed by atoms with Crippen molar-refractivity contribution in [1.82, 2.24) is 0 Å². The van der Waals surface area contributed by atoms with Gasteiger partial charge in [0.15, 0.2) is 6.10 Å². The summed E-state index contributed by atoms with van der Waals surface area (Å²) in [4.78, 5) is 24.1. The highest BCUT2D eigenvalue weighted by Crippen LogP contribution is 2.04. The number of carbonyl (C=O) groups is 2. The van der Waals surface area contributed by atoms with Crippen LogP contribution >= 0.6 is 0 Å². The zero-order valence-electron chi connectivity index (χ0n) is 28.5. The number of rotatable bonds is 28. The highest BCUT2D eigenvalue weighted by molar-refractivity contribution is 5.70. The van der Waals surface area contributed by atoms with Crippen molar-refractivity contribution in [2.45, 2.75) is 110 Å². The largest absolute Gasteiger partial charge is 0.462 e. The summed E-state index contributed by atoms with van der Waals surface area (Å²) in [5.74, 6) is -0.802. The SMILES string of the molecule is CC/C=C\C/C=C\C/C=C\C/C=C\C/C=C\C/C=C\CCC(=O)OC(CO)COC(=O)CC/C=C\C/C=C\C/C=C\C/C=C\CC. The van der Waals surface area contributed by atoms with E-state index in [-0.39, 0.29) is 25.4 Å². The van der Waals surface area contributed by atoms with E-state index in [9.17, 15) is 14.7 Å². The zero-order chi connectivity index (χ0) is 33.6. The maximum absolute atomic E-state index is 12.1. The van der Waals surface area contributed by atoms with Crippen molar-refractivity contribution in [1.29, 1.82) is 0 Å². The van der Waals surface area contributed by atoms with Crippen LogP contribution < -0.4 is 0 Å². The molecule has 0 fully saturated rings. The molecule has 254 valence electrons. The van der Waals surface area contributed by atoms with Crippen LogP contribution in [-0.2, 0) is 19.1 Å². The fourth-order valence-corrected chi connectivity index (χ4v) is 3.77. The van der Waals surface area contributed by atoms with Crippen LogP contribution in [0.2, 0.25) is 0 Å². The standard InChI is InChI=1S/C41H60O5/c1-3-5-7-9-11-13-15-17-18-19-20-21-22-24-26-28-30-32-34-36-41(44)46-39(37-42)38-45-40(43)35-33-31-29-27-25-23-16-14-12-10-8-6-4-2/h5-8,11-14,17-18,20-21,23-26,29-32,39,42H,3-4,9-10,15-16,19,22,27-28,33-38H2,1-2H3/b7-5-,8-6-,13-11-,14-12-,18-17-,21-20-,25-23-,26-24-,31-29-,32-30-. The maximum Gasteiger partial charge on any atom is 0.306 e. The second kappa shape index (κ2) is 35.8. The number of carbonyl (C=O) groups excluding carboxylic acids is 2. The number of hydrogen-bond donors (Lipinski definition) is 1. The van der Waals surface area contributed by atoms with Crippen LogP contribution in [0.1, 0.15) is 104 Å². The third-order valence-corrected chi connectivity index (χ3v) is 6.28. The topological polar surface area (TPSA) is 72.8 Å². The average molecular weight is 633 g/mol. The molecule has 0 aliphatic rings. The first-order valence-corrected chi connectivity index (χ1v) is 17.1. The Morgan fingerprint density at radius 1 is 0.478 bits per heavy atom. The lowest BCUT2D eigenvalue weighted by molar-refractivity contribution is -0.161. The summed E-state index contributed by atoms with van der Waals surface area (Å²) >= 11 is 0. The lowest BCUT2D eigenvalue weighted by Crippen LogP contribution is -2.28. The lowest BCUT2D eigenvalue weighted by Gasteiger charge is -2.15. The molecule has 0 amide bonds. The van der Waals surface area contributed by atoms with Gasteiger partial charge in [-0.15, -0.1) is 0 Å². The van der Waals surface area contributed by atoms with Gasteiger partial charge in [0.2, 0.25) is 0 Å². The molecule has 0 bridgehead atoms. The fourth-order valence-electron chi connectivity index (χ4n) is 3.77. The molecule has 0 spiro atoms. The molecule has 46 heavy (non-hydrogen) atoms. The van der Waals surface area contributed by atoms with Crippen molar-refractivity contribution >= 4 is 11.9 Å². The van der Waals surface area contributed by atoms with Crippen LogP contribution in [0.15, 0.2) is 122 Å². The Bertz CT molecular complexity index is 1030. The van der Waals surface area contributed by atoms with Gasteiger partial charge in [-0.1, -0.05) is 135 Å². The van der Waals surface area contributed by atoms with Gasteiger partial charge in [0.1, 0.15) is 6.61 Å². The van der Waals surface area contributed by atoms with Gasteiger partial charge >= 0.3 is 11.9 Å². The molecule has 0 rings (SSSR count). The third-order valence-electron chi connectivity index (χ3n) is 6.28. The summed E-state index contributed by atoms with van der Waals surface area (Å²) < 4.78 is 10.4. The summed E-state index contributed by atoms with van der Waals surface area (Å²) in [6.07, 6.45) is 52.7. The molecule has 0 heterocycles. The van der Waals surface area contributed by atoms with Gasteiger partial charge in [-0.3, -0.25) is 9.59 Å². The first-order chi connectivity index (χ1) is 22.6. The Labute approximate surface area is 280 Å². The van der Waals surface area contributed by atoms with Gasteiger partial charge in [-0.05, 0) is 77.0 Å². The van der Waals surface area contributed by atoms with Crippen LogP contribution in [0.5, 0.6) is 0 Å². The van der Waals surface area contributed by atoms with Crippen LogP contribution in [-0.4, -0.2) is 36.4 Å². The molecule has 1 unspecified atom stereocenters. The molecule has 0 aliphatic carbocycles. The molecular formula is C41H60O5. The van der Waals surface area contributed by atoms with Gasteiger partial charge < -0.3 is 14.6 Å². The van der Waals surface area contributed by atoms with Crippen molar-refractivity contribution in [3.63, 3.8) is 0 Å². The molecule has 0 saturated carbocycles. The monoisotopic (exact) mass is 632 g/mol. The highest BCUT2D eigenvalue weighted by Gasteiger charge is 2.15. The number of ether oxygens (including phenoxy) is 2. The molecule has 0 aromatic heterocycles. The van der Waals surface area contributed by atoms with Crippen LogP contribution in [0, 0.1) is 0 Å². The minimum absolute atomic E-state index is 0.144. The van der Waals surface area contributed by atoms with Crippen molar-refractivity contribution in [3.8, 4) is 0 Å². The molecule has 1 N–H and O–H groups in total. The smallest absolute Gasteiger partial charge is 0.306 e. The van der Waals surface area contributed by atoms with Crippen LogP contribution in [0.3, 0.4) is 0 Å². The second-order valence-electron chi connectivity index (χ2n) is 10.5. The summed E-state index contributed by atoms with van der Waals surface area (Å²) in [6.45, 7) is 3.73. The third kappa shape index (κ3) is 33.2. The number of allylic oxidation sites excluding steroid dienone is 20. The van der Waals surface area contributed by atoms with Gasteiger partial charge in [0.25, 0.3) is 0 Å². The van der Waals surface area contributed by atoms with Crippen LogP contribution in [0.25, 0.3) is 0 Å². The highest BCUT2D eigenvalue weighted by atomic mass is 16.6. The van der Waals surface area contributed by atoms with E-state index in [2.05, 4.69) is 111 Å². The maximum atomic E-state index is 12.1. The second-order valence-corrected chi connectivity index (χ2v) is 10.5. The number of aliphatic hydroxyl groups excluding tert-OH is 1. The van der Waals surface area contributed by atoms with E-state index >= 15 is 0 Å². The Hall–Kier alpha value is -3.70. The van der Waals surface area contributed by atoms with E-state index in [4.69, 9.17) is 9.47 Å². The molecule has 5 nitrogen and oxygen atoms in total. The van der Waals surface area contributed by atoms with Gasteiger partial charge in [-0.2, -0.15) is 0 Å². The minimum Gasteiger partial charge on any atom is -0.462 e. The molecule has 0 radical (unpaired) electrons. The zero-order valence-corrected chi connectivity index (χ0v) is 28.5. The first-order valence-electron chi connectivity index (χ1n) is 17.1. The van der Waals surface area contributed by atoms with E-state index in [1.807, 2.05) is 24.3 Å². The van der Waals surface area contributed by atoms with E-state index in [1.165, 1.54) is 0 Å². The quantitative estimate of drug-likeness (QED) is 0.0686. The first kappa shape index (κ1) is 42.3. The summed E-state index contributed by atoms with van der Waals surface area (Å²) in [7, 11) is 0. The average Bonchev–Trinajstić information content (AvgIpc) is 3.06. The van der Waals surface area contributed by atoms with E-state index in [0.29, 0.717) is 12.8 Å². The normalized spacial score (nSPS) is 13.7. The number of hydrogen-bond acceptors (Lipinski definition) is 5. The van der Waals surface area contributed by atoms with Crippen molar-refractivity contribution in [2.24, 2.45) is 0 Å². The Balaban J connectivity index is 3.88. The van der Waals surface area contributed by atoms with Gasteiger partial charge in [0.05, 0.1) is 6.61 Å². The van der Waals surface area contributed by atoms with Gasteiger partial charge in [0, 0.05) is 12.8 Å².